The van der Waals surface area contributed by atoms with Gasteiger partial charge < -0.3 is 10.1 Å². The molecule has 6 heteroatoms. The summed E-state index contributed by atoms with van der Waals surface area (Å²) in [6.45, 7) is 3.63. The van der Waals surface area contributed by atoms with Crippen molar-refractivity contribution < 1.29 is 17.9 Å². The molecule has 0 saturated heterocycles. The van der Waals surface area contributed by atoms with Gasteiger partial charge in [0, 0.05) is 6.54 Å². The zero-order chi connectivity index (χ0) is 13.6. The summed E-state index contributed by atoms with van der Waals surface area (Å²) in [7, 11) is 0. The van der Waals surface area contributed by atoms with Crippen molar-refractivity contribution in [3.8, 4) is 0 Å². The number of pyridine rings is 1. The molecule has 0 radical (unpaired) electrons. The number of ether oxygens (including phenoxy) is 1. The molecule has 0 spiro atoms. The minimum Gasteiger partial charge on any atom is -0.370 e. The highest BCUT2D eigenvalue weighted by Gasteiger charge is 2.36. The molecule has 1 aromatic heterocycles. The first-order valence-electron chi connectivity index (χ1n) is 5.81. The van der Waals surface area contributed by atoms with Crippen molar-refractivity contribution in [2.24, 2.45) is 0 Å². The molecule has 1 rings (SSSR count). The summed E-state index contributed by atoms with van der Waals surface area (Å²) in [5, 5.41) is 3.06. The number of nitrogens with one attached hydrogen (secondary N) is 1. The van der Waals surface area contributed by atoms with Gasteiger partial charge in [-0.05, 0) is 25.5 Å². The highest BCUT2D eigenvalue weighted by atomic mass is 19.4. The van der Waals surface area contributed by atoms with E-state index in [1.165, 1.54) is 0 Å². The molecule has 0 aliphatic rings. The lowest BCUT2D eigenvalue weighted by molar-refractivity contribution is -0.217. The predicted molar refractivity (Wildman–Crippen MR) is 63.3 cm³/mol. The van der Waals surface area contributed by atoms with Gasteiger partial charge in [0.15, 0.2) is 6.10 Å². The monoisotopic (exact) mass is 262 g/mol. The Morgan fingerprint density at radius 1 is 1.39 bits per heavy atom. The van der Waals surface area contributed by atoms with E-state index in [2.05, 4.69) is 10.3 Å². The van der Waals surface area contributed by atoms with E-state index in [1.807, 2.05) is 6.92 Å². The van der Waals surface area contributed by atoms with E-state index < -0.39 is 12.3 Å². The number of anilines is 1. The highest BCUT2D eigenvalue weighted by Crippen LogP contribution is 2.23. The summed E-state index contributed by atoms with van der Waals surface area (Å²) in [4.78, 5) is 4.16. The molecule has 18 heavy (non-hydrogen) atoms. The minimum atomic E-state index is -4.34. The van der Waals surface area contributed by atoms with Gasteiger partial charge in [0.1, 0.15) is 5.82 Å². The summed E-state index contributed by atoms with van der Waals surface area (Å²) in [6.07, 6.45) is -5.17. The third kappa shape index (κ3) is 4.91. The van der Waals surface area contributed by atoms with Gasteiger partial charge in [-0.1, -0.05) is 13.0 Å². The van der Waals surface area contributed by atoms with Crippen LogP contribution in [0.5, 0.6) is 0 Å². The molecule has 1 unspecified atom stereocenters. The molecule has 0 saturated carbocycles. The van der Waals surface area contributed by atoms with Crippen molar-refractivity contribution in [2.45, 2.75) is 39.2 Å². The molecule has 0 fully saturated rings. The van der Waals surface area contributed by atoms with Crippen LogP contribution in [-0.4, -0.2) is 23.8 Å². The number of halogens is 3. The molecule has 1 heterocycles. The maximum Gasteiger partial charge on any atom is 0.414 e. The fraction of sp³-hybridized carbons (Fsp3) is 0.583. The fourth-order valence-corrected chi connectivity index (χ4v) is 1.22. The number of aromatic nitrogens is 1. The summed E-state index contributed by atoms with van der Waals surface area (Å²) in [6, 6.07) is 5.15. The van der Waals surface area contributed by atoms with Crippen molar-refractivity contribution in [2.75, 3.05) is 11.9 Å². The van der Waals surface area contributed by atoms with Crippen LogP contribution in [0.25, 0.3) is 0 Å². The third-order valence-corrected chi connectivity index (χ3v) is 2.31. The second-order valence-electron chi connectivity index (χ2n) is 3.94. The van der Waals surface area contributed by atoms with Crippen molar-refractivity contribution in [3.05, 3.63) is 23.9 Å². The molecule has 0 amide bonds. The Kier molecular flexibility index (Phi) is 5.40. The summed E-state index contributed by atoms with van der Waals surface area (Å²) < 4.78 is 41.5. The van der Waals surface area contributed by atoms with Gasteiger partial charge >= 0.3 is 6.18 Å². The third-order valence-electron chi connectivity index (χ3n) is 2.31. The van der Waals surface area contributed by atoms with E-state index in [9.17, 15) is 13.2 Å². The molecule has 102 valence electrons. The molecule has 1 N–H and O–H groups in total. The quantitative estimate of drug-likeness (QED) is 0.853. The van der Waals surface area contributed by atoms with Crippen LogP contribution in [0.2, 0.25) is 0 Å². The fourth-order valence-electron chi connectivity index (χ4n) is 1.22. The van der Waals surface area contributed by atoms with Gasteiger partial charge in [-0.25, -0.2) is 4.98 Å². The summed E-state index contributed by atoms with van der Waals surface area (Å²) >= 11 is 0. The van der Waals surface area contributed by atoms with E-state index in [1.54, 1.807) is 18.2 Å². The average Bonchev–Trinajstić information content (AvgIpc) is 2.32. The molecule has 0 aliphatic carbocycles. The second-order valence-corrected chi connectivity index (χ2v) is 3.94. The van der Waals surface area contributed by atoms with E-state index >= 15 is 0 Å². The molecular formula is C12H17F3N2O. The summed E-state index contributed by atoms with van der Waals surface area (Å²) in [5.41, 5.74) is 0.479. The van der Waals surface area contributed by atoms with Gasteiger partial charge in [-0.3, -0.25) is 0 Å². The Morgan fingerprint density at radius 2 is 2.11 bits per heavy atom. The molecule has 0 aliphatic heterocycles. The predicted octanol–water partition coefficient (Wildman–Crippen LogP) is 3.37. The van der Waals surface area contributed by atoms with Gasteiger partial charge in [0.05, 0.1) is 12.3 Å². The average molecular weight is 262 g/mol. The standard InChI is InChI=1S/C12H17F3N2O/c1-3-7-16-11-6-4-5-10(17-11)8-18-9(2)12(13,14)15/h4-6,9H,3,7-8H2,1-2H3,(H,16,17). The minimum absolute atomic E-state index is 0.150. The maximum absolute atomic E-state index is 12.2. The number of nitrogens with zero attached hydrogens (tertiary/aromatic N) is 1. The highest BCUT2D eigenvalue weighted by molar-refractivity contribution is 5.34. The van der Waals surface area contributed by atoms with Crippen molar-refractivity contribution in [3.63, 3.8) is 0 Å². The van der Waals surface area contributed by atoms with Crippen LogP contribution in [0, 0.1) is 0 Å². The number of hydrogen-bond donors (Lipinski definition) is 1. The lowest BCUT2D eigenvalue weighted by Crippen LogP contribution is -2.28. The normalized spacial score (nSPS) is 13.4. The van der Waals surface area contributed by atoms with Gasteiger partial charge in [-0.2, -0.15) is 13.2 Å². The SMILES string of the molecule is CCCNc1cccc(COC(C)C(F)(F)F)n1. The zero-order valence-corrected chi connectivity index (χ0v) is 10.4. The largest absolute Gasteiger partial charge is 0.414 e. The number of rotatable bonds is 6. The van der Waals surface area contributed by atoms with Gasteiger partial charge in [0.25, 0.3) is 0 Å². The van der Waals surface area contributed by atoms with Crippen LogP contribution in [0.3, 0.4) is 0 Å². The Labute approximate surface area is 104 Å². The van der Waals surface area contributed by atoms with E-state index in [0.29, 0.717) is 11.5 Å². The molecule has 3 nitrogen and oxygen atoms in total. The van der Waals surface area contributed by atoms with Crippen molar-refractivity contribution >= 4 is 5.82 Å². The Morgan fingerprint density at radius 3 is 2.72 bits per heavy atom. The molecule has 0 bridgehead atoms. The Bertz CT molecular complexity index is 369. The van der Waals surface area contributed by atoms with Crippen LogP contribution in [0.15, 0.2) is 18.2 Å². The molecule has 1 atom stereocenters. The topological polar surface area (TPSA) is 34.1 Å². The van der Waals surface area contributed by atoms with E-state index in [4.69, 9.17) is 4.74 Å². The van der Waals surface area contributed by atoms with Gasteiger partial charge in [0.2, 0.25) is 0 Å². The second kappa shape index (κ2) is 6.58. The van der Waals surface area contributed by atoms with E-state index in [-0.39, 0.29) is 6.61 Å². The molecule has 0 aromatic carbocycles. The lowest BCUT2D eigenvalue weighted by atomic mass is 10.3. The van der Waals surface area contributed by atoms with Crippen LogP contribution < -0.4 is 5.32 Å². The smallest absolute Gasteiger partial charge is 0.370 e. The Hall–Kier alpha value is -1.30. The number of hydrogen-bond acceptors (Lipinski definition) is 3. The van der Waals surface area contributed by atoms with Crippen LogP contribution in [0.4, 0.5) is 19.0 Å². The van der Waals surface area contributed by atoms with Crippen LogP contribution in [0.1, 0.15) is 26.0 Å². The number of alkyl halides is 3. The van der Waals surface area contributed by atoms with Gasteiger partial charge in [-0.15, -0.1) is 0 Å². The lowest BCUT2D eigenvalue weighted by Gasteiger charge is -2.16. The van der Waals surface area contributed by atoms with Crippen molar-refractivity contribution in [1.82, 2.24) is 4.98 Å². The zero-order valence-electron chi connectivity index (χ0n) is 10.4. The first-order chi connectivity index (χ1) is 8.43. The van der Waals surface area contributed by atoms with Crippen LogP contribution in [-0.2, 0) is 11.3 Å². The molecule has 1 aromatic rings. The molecular weight excluding hydrogens is 245 g/mol. The summed E-state index contributed by atoms with van der Waals surface area (Å²) in [5.74, 6) is 0.651. The van der Waals surface area contributed by atoms with Crippen molar-refractivity contribution in [1.29, 1.82) is 0 Å². The van der Waals surface area contributed by atoms with Crippen LogP contribution >= 0.6 is 0 Å². The maximum atomic E-state index is 12.2. The Balaban J connectivity index is 2.52. The van der Waals surface area contributed by atoms with E-state index in [0.717, 1.165) is 19.9 Å². The first-order valence-corrected chi connectivity index (χ1v) is 5.81. The first kappa shape index (κ1) is 14.8.